The van der Waals surface area contributed by atoms with Gasteiger partial charge >= 0.3 is 12.2 Å². The molecule has 8 fully saturated rings. The van der Waals surface area contributed by atoms with Gasteiger partial charge in [-0.15, -0.1) is 0 Å². The van der Waals surface area contributed by atoms with Crippen LogP contribution >= 0.6 is 0 Å². The van der Waals surface area contributed by atoms with Crippen LogP contribution < -0.4 is 0 Å². The van der Waals surface area contributed by atoms with E-state index in [2.05, 4.69) is 48.5 Å². The van der Waals surface area contributed by atoms with E-state index in [9.17, 15) is 14.7 Å². The van der Waals surface area contributed by atoms with Crippen molar-refractivity contribution >= 4 is 12.2 Å². The first-order chi connectivity index (χ1) is 22.7. The van der Waals surface area contributed by atoms with Gasteiger partial charge in [0.15, 0.2) is 0 Å². The first-order valence-corrected chi connectivity index (χ1v) is 19.2. The third kappa shape index (κ3) is 4.37. The Bertz CT molecular complexity index is 1300. The molecule has 2 spiro atoms. The molecular weight excluding hydrogens is 608 g/mol. The lowest BCUT2D eigenvalue weighted by molar-refractivity contribution is -0.130. The number of hydrogen-bond acceptors (Lipinski definition) is 7. The predicted octanol–water partition coefficient (Wildman–Crippen LogP) is 6.79. The first-order valence-electron chi connectivity index (χ1n) is 19.2. The number of morpholine rings is 1. The van der Waals surface area contributed by atoms with Crippen molar-refractivity contribution in [3.8, 4) is 0 Å². The number of nitrogens with zero attached hydrogens (tertiary/aromatic N) is 2. The van der Waals surface area contributed by atoms with Gasteiger partial charge in [0.05, 0.1) is 19.3 Å². The van der Waals surface area contributed by atoms with Crippen molar-refractivity contribution in [3.05, 3.63) is 18.1 Å². The van der Waals surface area contributed by atoms with Gasteiger partial charge in [0.1, 0.15) is 24.4 Å². The molecule has 10 atom stereocenters. The number of aliphatic hydroxyl groups is 1. The summed E-state index contributed by atoms with van der Waals surface area (Å²) < 4.78 is 24.7. The largest absolute Gasteiger partial charge is 0.446 e. The minimum absolute atomic E-state index is 0.0763. The molecule has 9 heteroatoms. The summed E-state index contributed by atoms with van der Waals surface area (Å²) in [4.78, 5) is 29.7. The van der Waals surface area contributed by atoms with Crippen LogP contribution in [-0.4, -0.2) is 84.8 Å². The molecule has 1 N–H and O–H groups in total. The Balaban J connectivity index is 1.03. The number of fused-ring (bicyclic) bond motifs is 4. The van der Waals surface area contributed by atoms with Gasteiger partial charge < -0.3 is 33.9 Å². The molecule has 3 heterocycles. The summed E-state index contributed by atoms with van der Waals surface area (Å²) in [5.41, 5.74) is -0.250. The molecule has 1 unspecified atom stereocenters. The summed E-state index contributed by atoms with van der Waals surface area (Å²) in [6, 6.07) is 0. The quantitative estimate of drug-likeness (QED) is 0.353. The Morgan fingerprint density at radius 3 is 2.33 bits per heavy atom. The monoisotopic (exact) mass is 667 g/mol. The standard InChI is InChI=1S/C39H59N2O7/c1-23(2)30(48-34(44)40-15-8-16-40)25-21-24(3)29-31(46-25)32(42)37(7)27-10-9-26-35(4,5)28(47-33(43)41-17-19-45-20-18-41)11-12-38(26)22-39(27,38)14-13-36(29,37)6/h23-24,26,28-30,32,42H,8-22H2,1-7H3/t24-,26+,28?,29+,30-,32+,36-,37-,38-,39+/m1/s1. The topological polar surface area (TPSA) is 97.8 Å². The second-order valence-electron chi connectivity index (χ2n) is 18.4. The minimum atomic E-state index is -0.690. The van der Waals surface area contributed by atoms with Crippen LogP contribution in [0.3, 0.4) is 0 Å². The van der Waals surface area contributed by atoms with Crippen molar-refractivity contribution in [2.75, 3.05) is 39.4 Å². The van der Waals surface area contributed by atoms with E-state index in [0.29, 0.717) is 32.2 Å². The molecule has 9 nitrogen and oxygen atoms in total. The maximum absolute atomic E-state index is 13.2. The molecule has 5 saturated carbocycles. The van der Waals surface area contributed by atoms with Gasteiger partial charge in [-0.05, 0) is 97.7 Å². The zero-order valence-electron chi connectivity index (χ0n) is 30.4. The van der Waals surface area contributed by atoms with Crippen LogP contribution in [0.4, 0.5) is 9.59 Å². The van der Waals surface area contributed by atoms with E-state index >= 15 is 0 Å². The van der Waals surface area contributed by atoms with E-state index in [1.807, 2.05) is 4.90 Å². The second-order valence-corrected chi connectivity index (χ2v) is 18.4. The fourth-order valence-corrected chi connectivity index (χ4v) is 13.0. The van der Waals surface area contributed by atoms with Crippen molar-refractivity contribution in [3.63, 3.8) is 0 Å². The number of carbonyl (C=O) groups excluding carboxylic acids is 2. The summed E-state index contributed by atoms with van der Waals surface area (Å²) in [6.45, 7) is 19.9. The maximum Gasteiger partial charge on any atom is 0.410 e. The Morgan fingerprint density at radius 1 is 0.958 bits per heavy atom. The molecular formula is C39H59N2O7. The van der Waals surface area contributed by atoms with Crippen LogP contribution in [0.1, 0.15) is 106 Å². The molecule has 8 rings (SSSR count). The summed E-state index contributed by atoms with van der Waals surface area (Å²) >= 11 is 0. The molecule has 3 saturated heterocycles. The van der Waals surface area contributed by atoms with Gasteiger partial charge in [0.25, 0.3) is 0 Å². The highest BCUT2D eigenvalue weighted by Gasteiger charge is 2.85. The molecule has 0 bridgehead atoms. The Morgan fingerprint density at radius 2 is 1.67 bits per heavy atom. The molecule has 8 aliphatic rings. The third-order valence-electron chi connectivity index (χ3n) is 15.8. The van der Waals surface area contributed by atoms with Gasteiger partial charge in [-0.3, -0.25) is 0 Å². The van der Waals surface area contributed by atoms with Crippen LogP contribution in [0.25, 0.3) is 0 Å². The molecule has 2 amide bonds. The van der Waals surface area contributed by atoms with Gasteiger partial charge in [0, 0.05) is 42.9 Å². The molecule has 5 aliphatic carbocycles. The molecule has 0 aromatic rings. The Kier molecular flexibility index (Phi) is 7.84. The SMILES string of the molecule is CC(C)[C@@H](OC(=O)N1CCC1)[C]1C[C@@H](C)[C@H]2[C](O1)[C@H](O)[C@@]1(C)[C]3CC[C@H]4C(C)(C)C(OC(=O)N5CCOCC5)CC[C@@]45C[C@@]35CC[C@]21C. The predicted molar refractivity (Wildman–Crippen MR) is 179 cm³/mol. The fraction of sp³-hybridized carbons (Fsp3) is 0.872. The van der Waals surface area contributed by atoms with Crippen LogP contribution in [0, 0.1) is 68.9 Å². The molecule has 48 heavy (non-hydrogen) atoms. The van der Waals surface area contributed by atoms with Crippen molar-refractivity contribution in [2.24, 2.45) is 50.7 Å². The lowest BCUT2D eigenvalue weighted by Crippen LogP contribution is -2.59. The number of amides is 2. The molecule has 3 radical (unpaired) electrons. The Labute approximate surface area is 288 Å². The van der Waals surface area contributed by atoms with E-state index in [-0.39, 0.29) is 63.1 Å². The average Bonchev–Trinajstić information content (AvgIpc) is 3.65. The second kappa shape index (κ2) is 11.2. The highest BCUT2D eigenvalue weighted by Crippen LogP contribution is 2.90. The molecule has 267 valence electrons. The number of rotatable bonds is 4. The molecule has 0 aromatic heterocycles. The van der Waals surface area contributed by atoms with E-state index in [0.717, 1.165) is 70.2 Å². The van der Waals surface area contributed by atoms with Crippen molar-refractivity contribution < 1.29 is 33.6 Å². The van der Waals surface area contributed by atoms with Gasteiger partial charge in [-0.1, -0.05) is 48.5 Å². The van der Waals surface area contributed by atoms with Gasteiger partial charge in [0.2, 0.25) is 0 Å². The number of carbonyl (C=O) groups is 2. The lowest BCUT2D eigenvalue weighted by atomic mass is 9.41. The molecule has 3 aliphatic heterocycles. The smallest absolute Gasteiger partial charge is 0.410 e. The highest BCUT2D eigenvalue weighted by molar-refractivity contribution is 5.69. The summed E-state index contributed by atoms with van der Waals surface area (Å²) in [5.74, 6) is 2.59. The van der Waals surface area contributed by atoms with Crippen molar-refractivity contribution in [1.29, 1.82) is 0 Å². The number of ether oxygens (including phenoxy) is 4. The van der Waals surface area contributed by atoms with Crippen LogP contribution in [-0.2, 0) is 18.9 Å². The fourth-order valence-electron chi connectivity index (χ4n) is 13.0. The van der Waals surface area contributed by atoms with Crippen LogP contribution in [0.15, 0.2) is 0 Å². The normalized spacial score (nSPS) is 46.0. The highest BCUT2D eigenvalue weighted by atomic mass is 16.6. The van der Waals surface area contributed by atoms with Crippen LogP contribution in [0.2, 0.25) is 0 Å². The summed E-state index contributed by atoms with van der Waals surface area (Å²) in [6.07, 6.45) is 9.25. The number of hydrogen-bond donors (Lipinski definition) is 1. The molecule has 0 aromatic carbocycles. The first kappa shape index (κ1) is 33.6. The van der Waals surface area contributed by atoms with Gasteiger partial charge in [-0.2, -0.15) is 0 Å². The Hall–Kier alpha value is -1.58. The average molecular weight is 668 g/mol. The number of likely N-dealkylation sites (tertiary alicyclic amines) is 1. The zero-order chi connectivity index (χ0) is 34.0. The third-order valence-corrected chi connectivity index (χ3v) is 15.8. The lowest BCUT2D eigenvalue weighted by Gasteiger charge is -2.63. The van der Waals surface area contributed by atoms with Crippen molar-refractivity contribution in [2.45, 2.75) is 125 Å². The summed E-state index contributed by atoms with van der Waals surface area (Å²) in [7, 11) is 0. The van der Waals surface area contributed by atoms with Crippen molar-refractivity contribution in [1.82, 2.24) is 9.80 Å². The van der Waals surface area contributed by atoms with E-state index in [1.54, 1.807) is 10.8 Å². The minimum Gasteiger partial charge on any atom is -0.446 e. The van der Waals surface area contributed by atoms with Crippen LogP contribution in [0.5, 0.6) is 0 Å². The zero-order valence-corrected chi connectivity index (χ0v) is 30.4. The van der Waals surface area contributed by atoms with Gasteiger partial charge in [-0.25, -0.2) is 9.59 Å². The van der Waals surface area contributed by atoms with E-state index < -0.39 is 12.2 Å². The number of aliphatic hydroxyl groups excluding tert-OH is 1. The maximum atomic E-state index is 13.2. The van der Waals surface area contributed by atoms with E-state index in [1.165, 1.54) is 12.8 Å². The summed E-state index contributed by atoms with van der Waals surface area (Å²) in [5, 5.41) is 12.6. The van der Waals surface area contributed by atoms with E-state index in [4.69, 9.17) is 18.9 Å².